The molecule has 0 heterocycles. The maximum absolute atomic E-state index is 11.8. The van der Waals surface area contributed by atoms with Crippen LogP contribution in [0.15, 0.2) is 58.1 Å². The van der Waals surface area contributed by atoms with Gasteiger partial charge in [0.05, 0.1) is 6.21 Å². The van der Waals surface area contributed by atoms with E-state index in [1.807, 2.05) is 36.4 Å². The number of rotatable bonds is 3. The van der Waals surface area contributed by atoms with Crippen LogP contribution in [-0.4, -0.2) is 12.1 Å². The lowest BCUT2D eigenvalue weighted by Crippen LogP contribution is -2.17. The van der Waals surface area contributed by atoms with Crippen molar-refractivity contribution in [2.45, 2.75) is 0 Å². The largest absolute Gasteiger partial charge is 0.271 e. The number of carbonyl (C=O) groups excluding carboxylic acids is 1. The first-order chi connectivity index (χ1) is 9.15. The zero-order valence-electron chi connectivity index (χ0n) is 9.81. The van der Waals surface area contributed by atoms with Crippen molar-refractivity contribution in [3.05, 3.63) is 67.7 Å². The molecule has 19 heavy (non-hydrogen) atoms. The van der Waals surface area contributed by atoms with Gasteiger partial charge in [0.25, 0.3) is 5.91 Å². The molecule has 96 valence electrons. The molecule has 2 aromatic carbocycles. The fourth-order valence-electron chi connectivity index (χ4n) is 1.38. The van der Waals surface area contributed by atoms with Gasteiger partial charge in [0, 0.05) is 13.6 Å². The van der Waals surface area contributed by atoms with Crippen molar-refractivity contribution in [3.63, 3.8) is 0 Å². The second-order valence-electron chi connectivity index (χ2n) is 3.76. The highest BCUT2D eigenvalue weighted by Crippen LogP contribution is 2.10. The van der Waals surface area contributed by atoms with Crippen LogP contribution >= 0.6 is 38.5 Å². The molecule has 5 heteroatoms. The van der Waals surface area contributed by atoms with E-state index in [9.17, 15) is 4.79 Å². The van der Waals surface area contributed by atoms with Gasteiger partial charge in [0.1, 0.15) is 0 Å². The quantitative estimate of drug-likeness (QED) is 0.450. The zero-order chi connectivity index (χ0) is 13.7. The van der Waals surface area contributed by atoms with E-state index >= 15 is 0 Å². The third kappa shape index (κ3) is 4.43. The summed E-state index contributed by atoms with van der Waals surface area (Å²) in [5.74, 6) is -0.228. The maximum Gasteiger partial charge on any atom is 0.271 e. The Labute approximate surface area is 133 Å². The van der Waals surface area contributed by atoms with Crippen LogP contribution in [0.1, 0.15) is 15.9 Å². The number of halogens is 2. The molecule has 2 aromatic rings. The summed E-state index contributed by atoms with van der Waals surface area (Å²) in [7, 11) is 0. The topological polar surface area (TPSA) is 41.5 Å². The van der Waals surface area contributed by atoms with Gasteiger partial charge in [-0.3, -0.25) is 4.79 Å². The van der Waals surface area contributed by atoms with Gasteiger partial charge in [0.2, 0.25) is 0 Å². The first-order valence-electron chi connectivity index (χ1n) is 5.50. The molecule has 0 saturated carbocycles. The van der Waals surface area contributed by atoms with Gasteiger partial charge >= 0.3 is 0 Å². The molecule has 0 radical (unpaired) electrons. The first kappa shape index (κ1) is 14.2. The summed E-state index contributed by atoms with van der Waals surface area (Å²) in [5, 5.41) is 3.93. The molecule has 0 unspecified atom stereocenters. The normalized spacial score (nSPS) is 10.6. The Morgan fingerprint density at radius 3 is 2.37 bits per heavy atom. The van der Waals surface area contributed by atoms with Crippen LogP contribution < -0.4 is 5.43 Å². The number of nitrogens with zero attached hydrogens (tertiary/aromatic N) is 1. The lowest BCUT2D eigenvalue weighted by Gasteiger charge is -1.99. The van der Waals surface area contributed by atoms with Crippen molar-refractivity contribution in [2.24, 2.45) is 5.10 Å². The van der Waals surface area contributed by atoms with Crippen molar-refractivity contribution in [1.29, 1.82) is 0 Å². The summed E-state index contributed by atoms with van der Waals surface area (Å²) in [6.07, 6.45) is 1.62. The summed E-state index contributed by atoms with van der Waals surface area (Å²) in [4.78, 5) is 11.8. The van der Waals surface area contributed by atoms with E-state index in [1.165, 1.54) is 0 Å². The Kier molecular flexibility index (Phi) is 5.09. The minimum absolute atomic E-state index is 0.228. The minimum Gasteiger partial charge on any atom is -0.267 e. The van der Waals surface area contributed by atoms with Crippen molar-refractivity contribution >= 4 is 50.6 Å². The van der Waals surface area contributed by atoms with Crippen LogP contribution in [0.2, 0.25) is 0 Å². The van der Waals surface area contributed by atoms with Gasteiger partial charge in [-0.15, -0.1) is 0 Å². The smallest absolute Gasteiger partial charge is 0.267 e. The van der Waals surface area contributed by atoms with Gasteiger partial charge < -0.3 is 0 Å². The predicted octanol–water partition coefficient (Wildman–Crippen LogP) is 3.82. The highest BCUT2D eigenvalue weighted by Gasteiger charge is 2.02. The summed E-state index contributed by atoms with van der Waals surface area (Å²) in [6.45, 7) is 0. The maximum atomic E-state index is 11.8. The summed E-state index contributed by atoms with van der Waals surface area (Å²) in [5.41, 5.74) is 4.01. The molecule has 2 rings (SSSR count). The highest BCUT2D eigenvalue weighted by molar-refractivity contribution is 14.1. The summed E-state index contributed by atoms with van der Waals surface area (Å²) in [6, 6.07) is 15.0. The standard InChI is InChI=1S/C14H10BrIN2O/c15-12-5-3-11(4-6-12)14(19)18-17-9-10-1-7-13(16)8-2-10/h1-9H,(H,18,19)/b17-9+. The van der Waals surface area contributed by atoms with Crippen LogP contribution in [-0.2, 0) is 0 Å². The minimum atomic E-state index is -0.228. The van der Waals surface area contributed by atoms with Crippen LogP contribution in [0.4, 0.5) is 0 Å². The van der Waals surface area contributed by atoms with E-state index < -0.39 is 0 Å². The van der Waals surface area contributed by atoms with Crippen LogP contribution in [0.25, 0.3) is 0 Å². The number of benzene rings is 2. The number of nitrogens with one attached hydrogen (secondary N) is 1. The molecule has 0 saturated heterocycles. The van der Waals surface area contributed by atoms with Gasteiger partial charge in [-0.2, -0.15) is 5.10 Å². The van der Waals surface area contributed by atoms with Crippen molar-refractivity contribution < 1.29 is 4.79 Å². The lowest BCUT2D eigenvalue weighted by molar-refractivity contribution is 0.0955. The Morgan fingerprint density at radius 2 is 1.74 bits per heavy atom. The Morgan fingerprint density at radius 1 is 1.11 bits per heavy atom. The van der Waals surface area contributed by atoms with E-state index in [2.05, 4.69) is 49.0 Å². The SMILES string of the molecule is O=C(N/N=C/c1ccc(I)cc1)c1ccc(Br)cc1. The van der Waals surface area contributed by atoms with Crippen molar-refractivity contribution in [3.8, 4) is 0 Å². The summed E-state index contributed by atoms with van der Waals surface area (Å²) < 4.78 is 2.10. The Hall–Kier alpha value is -1.21. The lowest BCUT2D eigenvalue weighted by atomic mass is 10.2. The van der Waals surface area contributed by atoms with Gasteiger partial charge in [-0.25, -0.2) is 5.43 Å². The molecule has 0 aromatic heterocycles. The molecule has 1 N–H and O–H groups in total. The van der Waals surface area contributed by atoms with E-state index in [-0.39, 0.29) is 5.91 Å². The molecule has 0 aliphatic rings. The fourth-order valence-corrected chi connectivity index (χ4v) is 2.00. The van der Waals surface area contributed by atoms with E-state index in [1.54, 1.807) is 18.3 Å². The average Bonchev–Trinajstić information content (AvgIpc) is 2.41. The van der Waals surface area contributed by atoms with E-state index in [4.69, 9.17) is 0 Å². The highest BCUT2D eigenvalue weighted by atomic mass is 127. The Bertz CT molecular complexity index is 594. The van der Waals surface area contributed by atoms with Gasteiger partial charge in [-0.1, -0.05) is 28.1 Å². The van der Waals surface area contributed by atoms with Gasteiger partial charge in [0.15, 0.2) is 0 Å². The monoisotopic (exact) mass is 428 g/mol. The fraction of sp³-hybridized carbons (Fsp3) is 0. The third-order valence-electron chi connectivity index (χ3n) is 2.36. The molecule has 1 amide bonds. The van der Waals surface area contributed by atoms with Crippen LogP contribution in [0.3, 0.4) is 0 Å². The number of carbonyl (C=O) groups is 1. The average molecular weight is 429 g/mol. The van der Waals surface area contributed by atoms with Crippen LogP contribution in [0, 0.1) is 3.57 Å². The van der Waals surface area contributed by atoms with Gasteiger partial charge in [-0.05, 0) is 64.6 Å². The zero-order valence-corrected chi connectivity index (χ0v) is 13.6. The number of hydrogen-bond donors (Lipinski definition) is 1. The summed E-state index contributed by atoms with van der Waals surface area (Å²) >= 11 is 5.56. The molecule has 0 atom stereocenters. The van der Waals surface area contributed by atoms with Crippen molar-refractivity contribution in [2.75, 3.05) is 0 Å². The molecule has 0 aliphatic heterocycles. The molecule has 0 bridgehead atoms. The molecule has 0 aliphatic carbocycles. The Balaban J connectivity index is 1.96. The van der Waals surface area contributed by atoms with Crippen LogP contribution in [0.5, 0.6) is 0 Å². The molecular formula is C14H10BrIN2O. The number of amides is 1. The predicted molar refractivity (Wildman–Crippen MR) is 88.4 cm³/mol. The number of hydrazone groups is 1. The van der Waals surface area contributed by atoms with Crippen molar-refractivity contribution in [1.82, 2.24) is 5.43 Å². The molecule has 0 spiro atoms. The van der Waals surface area contributed by atoms with E-state index in [0.717, 1.165) is 13.6 Å². The number of hydrogen-bond acceptors (Lipinski definition) is 2. The third-order valence-corrected chi connectivity index (χ3v) is 3.60. The second kappa shape index (κ2) is 6.81. The molecular weight excluding hydrogens is 419 g/mol. The second-order valence-corrected chi connectivity index (χ2v) is 5.92. The molecule has 3 nitrogen and oxygen atoms in total. The molecule has 0 fully saturated rings. The van der Waals surface area contributed by atoms with E-state index in [0.29, 0.717) is 5.56 Å². The first-order valence-corrected chi connectivity index (χ1v) is 7.37.